The Balaban J connectivity index is 2.26. The molecule has 7 heteroatoms. The normalized spacial score (nSPS) is 16.8. The Kier molecular flexibility index (Phi) is 2.88. The topological polar surface area (TPSA) is 33.2 Å². The Hall–Kier alpha value is -1.11. The van der Waals surface area contributed by atoms with Gasteiger partial charge < -0.3 is 4.90 Å². The van der Waals surface area contributed by atoms with Crippen LogP contribution in [0.2, 0.25) is 0 Å². The van der Waals surface area contributed by atoms with E-state index < -0.39 is 17.8 Å². The van der Waals surface area contributed by atoms with E-state index in [1.807, 2.05) is 0 Å². The first kappa shape index (κ1) is 11.4. The Morgan fingerprint density at radius 3 is 2.56 bits per heavy atom. The van der Waals surface area contributed by atoms with Crippen LogP contribution in [-0.2, 0) is 6.18 Å². The number of hydrogen-bond acceptors (Lipinski definition) is 3. The molecule has 0 saturated carbocycles. The van der Waals surface area contributed by atoms with Crippen LogP contribution in [0.1, 0.15) is 28.2 Å². The fourth-order valence-electron chi connectivity index (χ4n) is 1.66. The SMILES string of the molecule is O=C(c1scnc1C(F)(F)F)N1CCCC1. The molecule has 1 aliphatic rings. The van der Waals surface area contributed by atoms with Gasteiger partial charge in [-0.05, 0) is 12.8 Å². The zero-order chi connectivity index (χ0) is 11.8. The molecule has 0 spiro atoms. The van der Waals surface area contributed by atoms with Crippen LogP contribution >= 0.6 is 11.3 Å². The third-order valence-corrected chi connectivity index (χ3v) is 3.24. The Bertz CT molecular complexity index is 396. The van der Waals surface area contributed by atoms with Crippen molar-refractivity contribution in [3.8, 4) is 0 Å². The Labute approximate surface area is 93.9 Å². The van der Waals surface area contributed by atoms with Gasteiger partial charge in [0, 0.05) is 13.1 Å². The van der Waals surface area contributed by atoms with Gasteiger partial charge >= 0.3 is 6.18 Å². The summed E-state index contributed by atoms with van der Waals surface area (Å²) in [5.74, 6) is -0.549. The maximum absolute atomic E-state index is 12.5. The molecule has 2 heterocycles. The lowest BCUT2D eigenvalue weighted by Gasteiger charge is -2.15. The molecule has 16 heavy (non-hydrogen) atoms. The van der Waals surface area contributed by atoms with Crippen molar-refractivity contribution in [1.82, 2.24) is 9.88 Å². The standard InChI is InChI=1S/C9H9F3N2OS/c10-9(11,12)7-6(16-5-13-7)8(15)14-3-1-2-4-14/h5H,1-4H2. The summed E-state index contributed by atoms with van der Waals surface area (Å²) in [6.07, 6.45) is -2.84. The third-order valence-electron chi connectivity index (χ3n) is 2.42. The van der Waals surface area contributed by atoms with E-state index in [4.69, 9.17) is 0 Å². The summed E-state index contributed by atoms with van der Waals surface area (Å²) < 4.78 is 37.5. The van der Waals surface area contributed by atoms with Crippen molar-refractivity contribution < 1.29 is 18.0 Å². The first-order chi connectivity index (χ1) is 7.50. The highest BCUT2D eigenvalue weighted by atomic mass is 32.1. The van der Waals surface area contributed by atoms with E-state index in [9.17, 15) is 18.0 Å². The van der Waals surface area contributed by atoms with Gasteiger partial charge in [-0.2, -0.15) is 13.2 Å². The van der Waals surface area contributed by atoms with Crippen LogP contribution in [0.3, 0.4) is 0 Å². The molecule has 0 bridgehead atoms. The van der Waals surface area contributed by atoms with Gasteiger partial charge in [0.05, 0.1) is 5.51 Å². The van der Waals surface area contributed by atoms with E-state index in [-0.39, 0.29) is 4.88 Å². The van der Waals surface area contributed by atoms with Crippen LogP contribution in [0.5, 0.6) is 0 Å². The number of carbonyl (C=O) groups excluding carboxylic acids is 1. The summed E-state index contributed by atoms with van der Waals surface area (Å²) in [5.41, 5.74) is 0.000894. The zero-order valence-electron chi connectivity index (χ0n) is 8.25. The molecule has 1 saturated heterocycles. The van der Waals surface area contributed by atoms with Gasteiger partial charge in [0.15, 0.2) is 5.69 Å². The minimum Gasteiger partial charge on any atom is -0.338 e. The number of carbonyl (C=O) groups is 1. The van der Waals surface area contributed by atoms with Crippen molar-refractivity contribution in [2.24, 2.45) is 0 Å². The second kappa shape index (κ2) is 4.04. The number of alkyl halides is 3. The fraction of sp³-hybridized carbons (Fsp3) is 0.556. The molecule has 1 amide bonds. The lowest BCUT2D eigenvalue weighted by molar-refractivity contribution is -0.141. The maximum atomic E-state index is 12.5. The number of halogens is 3. The van der Waals surface area contributed by atoms with E-state index in [0.717, 1.165) is 29.7 Å². The molecule has 0 radical (unpaired) electrons. The average molecular weight is 250 g/mol. The summed E-state index contributed by atoms with van der Waals surface area (Å²) in [5, 5.41) is 0. The highest BCUT2D eigenvalue weighted by Crippen LogP contribution is 2.33. The summed E-state index contributed by atoms with van der Waals surface area (Å²) in [6.45, 7) is 1.07. The van der Waals surface area contributed by atoms with E-state index in [1.54, 1.807) is 0 Å². The smallest absolute Gasteiger partial charge is 0.338 e. The molecule has 0 aliphatic carbocycles. The van der Waals surface area contributed by atoms with Crippen molar-refractivity contribution in [3.63, 3.8) is 0 Å². The largest absolute Gasteiger partial charge is 0.434 e. The number of amides is 1. The lowest BCUT2D eigenvalue weighted by atomic mass is 10.3. The van der Waals surface area contributed by atoms with Crippen LogP contribution in [-0.4, -0.2) is 28.9 Å². The van der Waals surface area contributed by atoms with Gasteiger partial charge in [0.25, 0.3) is 5.91 Å². The number of rotatable bonds is 1. The number of aromatic nitrogens is 1. The molecule has 2 rings (SSSR count). The average Bonchev–Trinajstić information content (AvgIpc) is 2.87. The van der Waals surface area contributed by atoms with Crippen LogP contribution < -0.4 is 0 Å². The van der Waals surface area contributed by atoms with Gasteiger partial charge in [-0.15, -0.1) is 11.3 Å². The molecule has 1 fully saturated rings. The first-order valence-corrected chi connectivity index (χ1v) is 5.68. The van der Waals surface area contributed by atoms with Crippen molar-refractivity contribution in [1.29, 1.82) is 0 Å². The molecule has 0 atom stereocenters. The van der Waals surface area contributed by atoms with Crippen LogP contribution in [0.15, 0.2) is 5.51 Å². The van der Waals surface area contributed by atoms with Crippen molar-refractivity contribution in [2.45, 2.75) is 19.0 Å². The molecule has 0 aromatic carbocycles. The molecule has 0 N–H and O–H groups in total. The Morgan fingerprint density at radius 2 is 2.00 bits per heavy atom. The van der Waals surface area contributed by atoms with Gasteiger partial charge in [0.1, 0.15) is 4.88 Å². The second-order valence-corrected chi connectivity index (χ2v) is 4.38. The lowest BCUT2D eigenvalue weighted by Crippen LogP contribution is -2.28. The second-order valence-electron chi connectivity index (χ2n) is 3.53. The highest BCUT2D eigenvalue weighted by molar-refractivity contribution is 7.11. The van der Waals surface area contributed by atoms with Gasteiger partial charge in [-0.3, -0.25) is 4.79 Å². The van der Waals surface area contributed by atoms with Crippen LogP contribution in [0.4, 0.5) is 13.2 Å². The molecule has 3 nitrogen and oxygen atoms in total. The predicted octanol–water partition coefficient (Wildman–Crippen LogP) is 2.40. The molecule has 1 aliphatic heterocycles. The van der Waals surface area contributed by atoms with Crippen molar-refractivity contribution in [3.05, 3.63) is 16.1 Å². The number of hydrogen-bond donors (Lipinski definition) is 0. The monoisotopic (exact) mass is 250 g/mol. The van der Waals surface area contributed by atoms with E-state index in [0.29, 0.717) is 13.1 Å². The van der Waals surface area contributed by atoms with Gasteiger partial charge in [0.2, 0.25) is 0 Å². The predicted molar refractivity (Wildman–Crippen MR) is 52.3 cm³/mol. The number of likely N-dealkylation sites (tertiary alicyclic amines) is 1. The molecule has 0 unspecified atom stereocenters. The number of thiazole rings is 1. The molecule has 1 aromatic heterocycles. The van der Waals surface area contributed by atoms with Crippen LogP contribution in [0.25, 0.3) is 0 Å². The summed E-state index contributed by atoms with van der Waals surface area (Å²) in [6, 6.07) is 0. The summed E-state index contributed by atoms with van der Waals surface area (Å²) in [4.78, 5) is 16.1. The number of nitrogens with zero attached hydrogens (tertiary/aromatic N) is 2. The van der Waals surface area contributed by atoms with Crippen molar-refractivity contribution in [2.75, 3.05) is 13.1 Å². The maximum Gasteiger partial charge on any atom is 0.434 e. The Morgan fingerprint density at radius 1 is 1.38 bits per heavy atom. The molecular weight excluding hydrogens is 241 g/mol. The van der Waals surface area contributed by atoms with Gasteiger partial charge in [-0.1, -0.05) is 0 Å². The summed E-state index contributed by atoms with van der Waals surface area (Å²) >= 11 is 0.749. The van der Waals surface area contributed by atoms with E-state index in [2.05, 4.69) is 4.98 Å². The molecule has 1 aromatic rings. The van der Waals surface area contributed by atoms with Crippen molar-refractivity contribution >= 4 is 17.2 Å². The quantitative estimate of drug-likeness (QED) is 0.766. The molecule has 88 valence electrons. The van der Waals surface area contributed by atoms with Crippen LogP contribution in [0, 0.1) is 0 Å². The van der Waals surface area contributed by atoms with E-state index >= 15 is 0 Å². The minimum absolute atomic E-state index is 0.297. The highest BCUT2D eigenvalue weighted by Gasteiger charge is 2.39. The van der Waals surface area contributed by atoms with Gasteiger partial charge in [-0.25, -0.2) is 4.98 Å². The fourth-order valence-corrected chi connectivity index (χ4v) is 2.44. The summed E-state index contributed by atoms with van der Waals surface area (Å²) in [7, 11) is 0. The first-order valence-electron chi connectivity index (χ1n) is 4.80. The zero-order valence-corrected chi connectivity index (χ0v) is 9.07. The van der Waals surface area contributed by atoms with E-state index in [1.165, 1.54) is 4.90 Å². The minimum atomic E-state index is -4.55. The molecular formula is C9H9F3N2OS. The third kappa shape index (κ3) is 2.04.